The van der Waals surface area contributed by atoms with Crippen molar-refractivity contribution in [2.45, 2.75) is 6.90 Å². The first-order valence-corrected chi connectivity index (χ1v) is 6.08. The summed E-state index contributed by atoms with van der Waals surface area (Å²) >= 11 is 1.35. The van der Waals surface area contributed by atoms with Gasteiger partial charge < -0.3 is 0 Å². The molecule has 0 aliphatic rings. The van der Waals surface area contributed by atoms with Crippen LogP contribution in [0.25, 0.3) is 32.8 Å². The van der Waals surface area contributed by atoms with E-state index >= 15 is 0 Å². The monoisotopic (exact) mass is 240 g/mol. The fourth-order valence-electron chi connectivity index (χ4n) is 2.24. The molecule has 2 aromatic heterocycles. The molecule has 1 N–H and O–H groups in total. The van der Waals surface area contributed by atoms with Crippen LogP contribution >= 0.6 is 11.7 Å². The predicted octanol–water partition coefficient (Wildman–Crippen LogP) is 3.63. The van der Waals surface area contributed by atoms with E-state index < -0.39 is 0 Å². The molecule has 0 spiro atoms. The predicted molar refractivity (Wildman–Crippen MR) is 71.5 cm³/mol. The Labute approximate surface area is 103 Å². The Morgan fingerprint density at radius 1 is 1.24 bits per heavy atom. The van der Waals surface area contributed by atoms with Gasteiger partial charge in [0.25, 0.3) is 0 Å². The van der Waals surface area contributed by atoms with Crippen molar-refractivity contribution in [3.63, 3.8) is 0 Å². The van der Waals surface area contributed by atoms with Gasteiger partial charge in [-0.05, 0) is 31.2 Å². The van der Waals surface area contributed by atoms with E-state index in [-0.39, 0.29) is 0 Å². The van der Waals surface area contributed by atoms with Crippen LogP contribution in [0.5, 0.6) is 0 Å². The Morgan fingerprint density at radius 2 is 2.18 bits per heavy atom. The summed E-state index contributed by atoms with van der Waals surface area (Å²) in [6.07, 6.45) is 0. The van der Waals surface area contributed by atoms with Gasteiger partial charge in [-0.1, -0.05) is 11.6 Å². The van der Waals surface area contributed by atoms with Crippen molar-refractivity contribution in [1.29, 1.82) is 0 Å². The van der Waals surface area contributed by atoms with E-state index in [1.54, 1.807) is 0 Å². The number of benzene rings is 2. The van der Waals surface area contributed by atoms with Crippen LogP contribution in [0, 0.1) is 6.90 Å². The smallest absolute Gasteiger partial charge is 0.112 e. The molecule has 0 radical (unpaired) electrons. The number of hydrogen-bond donors (Lipinski definition) is 1. The van der Waals surface area contributed by atoms with Gasteiger partial charge in [0.2, 0.25) is 0 Å². The lowest BCUT2D eigenvalue weighted by molar-refractivity contribution is 1.49. The highest BCUT2D eigenvalue weighted by molar-refractivity contribution is 7.00. The van der Waals surface area contributed by atoms with Gasteiger partial charge in [0, 0.05) is 23.9 Å². The number of hydrogen-bond acceptors (Lipinski definition) is 3. The van der Waals surface area contributed by atoms with Crippen molar-refractivity contribution >= 4 is 44.6 Å². The molecule has 82 valence electrons. The Balaban J connectivity index is 2.28. The SMILES string of the molecule is [2H]Cc1ccc2nc3ccc4[nH]snc4c3c2c1. The second-order valence-corrected chi connectivity index (χ2v) is 4.67. The van der Waals surface area contributed by atoms with E-state index in [2.05, 4.69) is 19.8 Å². The maximum absolute atomic E-state index is 7.47. The molecule has 0 atom stereocenters. The molecule has 0 saturated carbocycles. The first-order valence-electron chi connectivity index (χ1n) is 6.02. The molecule has 4 heteroatoms. The number of H-pyrrole nitrogens is 1. The van der Waals surface area contributed by atoms with Gasteiger partial charge >= 0.3 is 0 Å². The number of aryl methyl sites for hydroxylation is 1. The van der Waals surface area contributed by atoms with Crippen LogP contribution in [0.2, 0.25) is 0 Å². The zero-order valence-electron chi connectivity index (χ0n) is 9.90. The highest BCUT2D eigenvalue weighted by Crippen LogP contribution is 2.31. The molecule has 0 bridgehead atoms. The van der Waals surface area contributed by atoms with E-state index in [0.717, 1.165) is 38.4 Å². The second-order valence-electron chi connectivity index (χ2n) is 4.10. The molecule has 0 aliphatic carbocycles. The fraction of sp³-hybridized carbons (Fsp3) is 0.0769. The van der Waals surface area contributed by atoms with Crippen LogP contribution in [0.3, 0.4) is 0 Å². The van der Waals surface area contributed by atoms with Crippen molar-refractivity contribution in [3.05, 3.63) is 35.9 Å². The Morgan fingerprint density at radius 3 is 3.12 bits per heavy atom. The summed E-state index contributed by atoms with van der Waals surface area (Å²) in [5.74, 6) is 0. The minimum atomic E-state index is 0.293. The molecule has 2 heterocycles. The van der Waals surface area contributed by atoms with E-state index in [0.29, 0.717) is 6.90 Å². The van der Waals surface area contributed by atoms with Gasteiger partial charge in [-0.15, -0.1) is 0 Å². The summed E-state index contributed by atoms with van der Waals surface area (Å²) in [4.78, 5) is 4.61. The molecule has 4 aromatic rings. The van der Waals surface area contributed by atoms with Gasteiger partial charge in [0.15, 0.2) is 0 Å². The van der Waals surface area contributed by atoms with Gasteiger partial charge in [0.1, 0.15) is 5.52 Å². The third-order valence-corrected chi connectivity index (χ3v) is 3.60. The molecular formula is C13H9N3S. The first-order chi connectivity index (χ1) is 8.86. The van der Waals surface area contributed by atoms with Crippen molar-refractivity contribution in [2.75, 3.05) is 0 Å². The quantitative estimate of drug-likeness (QED) is 0.510. The van der Waals surface area contributed by atoms with Gasteiger partial charge in [-0.25, -0.2) is 4.98 Å². The minimum Gasteiger partial charge on any atom is -0.293 e. The summed E-state index contributed by atoms with van der Waals surface area (Å²) in [5.41, 5.74) is 4.97. The van der Waals surface area contributed by atoms with Gasteiger partial charge in [-0.3, -0.25) is 4.37 Å². The van der Waals surface area contributed by atoms with E-state index in [1.165, 1.54) is 11.7 Å². The topological polar surface area (TPSA) is 41.6 Å². The van der Waals surface area contributed by atoms with E-state index in [9.17, 15) is 0 Å². The fourth-order valence-corrected chi connectivity index (χ4v) is 2.83. The Kier molecular flexibility index (Phi) is 1.47. The number of nitrogens with one attached hydrogen (secondary N) is 1. The van der Waals surface area contributed by atoms with Crippen molar-refractivity contribution < 1.29 is 1.37 Å². The third-order valence-electron chi connectivity index (χ3n) is 3.02. The average Bonchev–Trinajstić information content (AvgIpc) is 3.00. The molecule has 0 saturated heterocycles. The maximum atomic E-state index is 7.47. The second kappa shape index (κ2) is 3.05. The molecule has 3 nitrogen and oxygen atoms in total. The maximum Gasteiger partial charge on any atom is 0.112 e. The summed E-state index contributed by atoms with van der Waals surface area (Å²) in [7, 11) is 0. The number of nitrogens with zero attached hydrogens (tertiary/aromatic N) is 2. The highest BCUT2D eigenvalue weighted by atomic mass is 32.1. The summed E-state index contributed by atoms with van der Waals surface area (Å²) in [6.45, 7) is 0.293. The van der Waals surface area contributed by atoms with Crippen LogP contribution in [0.1, 0.15) is 6.93 Å². The Bertz CT molecular complexity index is 878. The summed E-state index contributed by atoms with van der Waals surface area (Å²) in [5, 5.41) is 2.19. The normalized spacial score (nSPS) is 12.6. The van der Waals surface area contributed by atoms with Gasteiger partial charge in [-0.2, -0.15) is 4.37 Å². The lowest BCUT2D eigenvalue weighted by Crippen LogP contribution is -1.73. The molecule has 4 rings (SSSR count). The molecule has 2 aromatic carbocycles. The number of aromatic amines is 1. The zero-order chi connectivity index (χ0) is 12.1. The number of fused-ring (bicyclic) bond motifs is 5. The van der Waals surface area contributed by atoms with Crippen molar-refractivity contribution in [1.82, 2.24) is 13.7 Å². The highest BCUT2D eigenvalue weighted by Gasteiger charge is 2.10. The van der Waals surface area contributed by atoms with E-state index in [4.69, 9.17) is 1.37 Å². The largest absolute Gasteiger partial charge is 0.293 e. The summed E-state index contributed by atoms with van der Waals surface area (Å²) in [6, 6.07) is 10.0. The van der Waals surface area contributed by atoms with E-state index in [1.807, 2.05) is 24.3 Å². The van der Waals surface area contributed by atoms with Crippen molar-refractivity contribution in [3.8, 4) is 0 Å². The minimum absolute atomic E-state index is 0.293. The summed E-state index contributed by atoms with van der Waals surface area (Å²) < 4.78 is 15.1. The molecule has 0 amide bonds. The third kappa shape index (κ3) is 1.16. The standard InChI is InChI=1S/C13H9N3S/c1-7-2-3-9-8(6-7)12-10(14-9)4-5-11-13(12)16-17-15-11/h2-6,15H,1H3/i1D. The van der Waals surface area contributed by atoms with Crippen LogP contribution in [0.15, 0.2) is 30.3 Å². The van der Waals surface area contributed by atoms with Crippen molar-refractivity contribution in [2.24, 2.45) is 0 Å². The molecule has 0 fully saturated rings. The van der Waals surface area contributed by atoms with Crippen LogP contribution in [0.4, 0.5) is 0 Å². The van der Waals surface area contributed by atoms with Gasteiger partial charge in [0.05, 0.1) is 16.6 Å². The molecular weight excluding hydrogens is 230 g/mol. The van der Waals surface area contributed by atoms with Crippen LogP contribution in [-0.2, 0) is 0 Å². The lowest BCUT2D eigenvalue weighted by atomic mass is 10.1. The Hall–Kier alpha value is -1.94. The van der Waals surface area contributed by atoms with Crippen LogP contribution in [-0.4, -0.2) is 13.7 Å². The number of rotatable bonds is 0. The zero-order valence-corrected chi connectivity index (χ0v) is 9.71. The lowest BCUT2D eigenvalue weighted by Gasteiger charge is -1.94. The first kappa shape index (κ1) is 8.20. The molecule has 0 unspecified atom stereocenters. The molecule has 0 aliphatic heterocycles. The molecule has 17 heavy (non-hydrogen) atoms. The number of aromatic nitrogens is 3. The average molecular weight is 240 g/mol. The van der Waals surface area contributed by atoms with Crippen LogP contribution < -0.4 is 0 Å².